The Morgan fingerprint density at radius 2 is 2.42 bits per heavy atom. The average molecular weight is 165 g/mol. The molecule has 1 aliphatic rings. The molecule has 0 saturated heterocycles. The minimum absolute atomic E-state index is 1.08. The van der Waals surface area contributed by atoms with Crippen LogP contribution in [-0.4, -0.2) is 16.7 Å². The summed E-state index contributed by atoms with van der Waals surface area (Å²) in [5.74, 6) is 0. The van der Waals surface area contributed by atoms with Crippen LogP contribution in [0.1, 0.15) is 31.2 Å². The molecule has 2 N–H and O–H groups in total. The molecule has 0 radical (unpaired) electrons. The number of fused-ring (bicyclic) bond motifs is 1. The molecule has 3 nitrogen and oxygen atoms in total. The first kappa shape index (κ1) is 7.65. The Morgan fingerprint density at radius 1 is 1.50 bits per heavy atom. The van der Waals surface area contributed by atoms with Crippen LogP contribution in [0, 0.1) is 0 Å². The molecular weight excluding hydrogens is 150 g/mol. The van der Waals surface area contributed by atoms with Gasteiger partial charge in [0, 0.05) is 6.54 Å². The summed E-state index contributed by atoms with van der Waals surface area (Å²) in [6.45, 7) is 3.28. The summed E-state index contributed by atoms with van der Waals surface area (Å²) in [5, 5.41) is 10.8. The number of hydrogen-bond donors (Lipinski definition) is 2. The molecule has 0 atom stereocenters. The summed E-state index contributed by atoms with van der Waals surface area (Å²) in [5.41, 5.74) is 3.79. The molecule has 3 heteroatoms. The Hall–Kier alpha value is -0.990. The number of anilines is 1. The van der Waals surface area contributed by atoms with Gasteiger partial charge in [0.1, 0.15) is 0 Å². The largest absolute Gasteiger partial charge is 0.382 e. The van der Waals surface area contributed by atoms with Gasteiger partial charge in [-0.25, -0.2) is 0 Å². The second-order valence-corrected chi connectivity index (χ2v) is 3.30. The fourth-order valence-corrected chi connectivity index (χ4v) is 1.71. The smallest absolute Gasteiger partial charge is 0.0856 e. The van der Waals surface area contributed by atoms with Crippen LogP contribution < -0.4 is 5.32 Å². The number of H-pyrrole nitrogens is 1. The molecule has 1 aromatic heterocycles. The Morgan fingerprint density at radius 3 is 3.25 bits per heavy atom. The third-order valence-corrected chi connectivity index (χ3v) is 2.31. The minimum atomic E-state index is 1.08. The van der Waals surface area contributed by atoms with Gasteiger partial charge >= 0.3 is 0 Å². The van der Waals surface area contributed by atoms with Crippen LogP contribution in [-0.2, 0) is 12.8 Å². The number of aryl methyl sites for hydroxylation is 2. The molecule has 0 spiro atoms. The van der Waals surface area contributed by atoms with Crippen molar-refractivity contribution >= 4 is 5.69 Å². The normalized spacial score (nSPS) is 15.4. The van der Waals surface area contributed by atoms with Crippen molar-refractivity contribution in [2.24, 2.45) is 0 Å². The van der Waals surface area contributed by atoms with E-state index in [0.29, 0.717) is 0 Å². The van der Waals surface area contributed by atoms with Gasteiger partial charge in [0.2, 0.25) is 0 Å². The maximum absolute atomic E-state index is 4.30. The van der Waals surface area contributed by atoms with Gasteiger partial charge in [-0.05, 0) is 19.3 Å². The summed E-state index contributed by atoms with van der Waals surface area (Å²) in [6.07, 6.45) is 4.62. The van der Waals surface area contributed by atoms with Crippen LogP contribution in [0.4, 0.5) is 5.69 Å². The van der Waals surface area contributed by atoms with E-state index in [4.69, 9.17) is 0 Å². The lowest BCUT2D eigenvalue weighted by Gasteiger charge is -2.13. The van der Waals surface area contributed by atoms with E-state index in [2.05, 4.69) is 22.4 Å². The Kier molecular flexibility index (Phi) is 2.02. The van der Waals surface area contributed by atoms with Crippen molar-refractivity contribution in [2.75, 3.05) is 11.9 Å². The highest BCUT2D eigenvalue weighted by atomic mass is 15.2. The monoisotopic (exact) mass is 165 g/mol. The van der Waals surface area contributed by atoms with Crippen molar-refractivity contribution in [1.29, 1.82) is 0 Å². The van der Waals surface area contributed by atoms with Gasteiger partial charge in [-0.2, -0.15) is 5.10 Å². The lowest BCUT2D eigenvalue weighted by Crippen LogP contribution is -2.11. The van der Waals surface area contributed by atoms with Crippen LogP contribution in [0.25, 0.3) is 0 Å². The first-order valence-corrected chi connectivity index (χ1v) is 4.71. The Labute approximate surface area is 72.6 Å². The maximum Gasteiger partial charge on any atom is 0.0856 e. The standard InChI is InChI=1S/C9H15N3/c1-2-4-7-9-8(12-11-7)5-3-6-10-9/h10H,2-6H2,1H3,(H,11,12). The molecule has 0 aromatic carbocycles. The second-order valence-electron chi connectivity index (χ2n) is 3.30. The lowest BCUT2D eigenvalue weighted by atomic mass is 10.1. The number of hydrogen-bond acceptors (Lipinski definition) is 2. The molecule has 0 saturated carbocycles. The zero-order valence-electron chi connectivity index (χ0n) is 7.48. The van der Waals surface area contributed by atoms with E-state index in [1.54, 1.807) is 0 Å². The van der Waals surface area contributed by atoms with Crippen molar-refractivity contribution in [2.45, 2.75) is 32.6 Å². The van der Waals surface area contributed by atoms with Gasteiger partial charge in [-0.15, -0.1) is 0 Å². The minimum Gasteiger partial charge on any atom is -0.382 e. The SMILES string of the molecule is CCCc1n[nH]c2c1NCCC2. The number of rotatable bonds is 2. The first-order valence-electron chi connectivity index (χ1n) is 4.71. The zero-order valence-corrected chi connectivity index (χ0v) is 7.48. The van der Waals surface area contributed by atoms with E-state index in [1.807, 2.05) is 0 Å². The van der Waals surface area contributed by atoms with Crippen LogP contribution in [0.15, 0.2) is 0 Å². The summed E-state index contributed by atoms with van der Waals surface area (Å²) < 4.78 is 0. The molecule has 0 aliphatic carbocycles. The fourth-order valence-electron chi connectivity index (χ4n) is 1.71. The van der Waals surface area contributed by atoms with E-state index in [-0.39, 0.29) is 0 Å². The molecule has 1 aliphatic heterocycles. The molecular formula is C9H15N3. The van der Waals surface area contributed by atoms with E-state index in [0.717, 1.165) is 19.4 Å². The van der Waals surface area contributed by atoms with Gasteiger partial charge in [-0.1, -0.05) is 13.3 Å². The van der Waals surface area contributed by atoms with E-state index in [9.17, 15) is 0 Å². The third-order valence-electron chi connectivity index (χ3n) is 2.31. The summed E-state index contributed by atoms with van der Waals surface area (Å²) >= 11 is 0. The highest BCUT2D eigenvalue weighted by molar-refractivity contribution is 5.54. The topological polar surface area (TPSA) is 40.7 Å². The quantitative estimate of drug-likeness (QED) is 0.700. The molecule has 0 fully saturated rings. The molecule has 1 aromatic rings. The van der Waals surface area contributed by atoms with Crippen molar-refractivity contribution in [3.8, 4) is 0 Å². The predicted molar refractivity (Wildman–Crippen MR) is 49.4 cm³/mol. The van der Waals surface area contributed by atoms with Crippen LogP contribution in [0.5, 0.6) is 0 Å². The third kappa shape index (κ3) is 1.19. The highest BCUT2D eigenvalue weighted by Crippen LogP contribution is 2.23. The van der Waals surface area contributed by atoms with E-state index < -0.39 is 0 Å². The van der Waals surface area contributed by atoms with Gasteiger partial charge in [0.25, 0.3) is 0 Å². The van der Waals surface area contributed by atoms with Crippen molar-refractivity contribution in [3.05, 3.63) is 11.4 Å². The Bertz CT molecular complexity index is 265. The molecule has 66 valence electrons. The van der Waals surface area contributed by atoms with Gasteiger partial charge in [0.15, 0.2) is 0 Å². The zero-order chi connectivity index (χ0) is 8.39. The molecule has 2 heterocycles. The first-order chi connectivity index (χ1) is 5.92. The predicted octanol–water partition coefficient (Wildman–Crippen LogP) is 1.72. The van der Waals surface area contributed by atoms with Crippen LogP contribution in [0.3, 0.4) is 0 Å². The maximum atomic E-state index is 4.30. The van der Waals surface area contributed by atoms with Crippen molar-refractivity contribution in [3.63, 3.8) is 0 Å². The molecule has 0 unspecified atom stereocenters. The molecule has 0 bridgehead atoms. The average Bonchev–Trinajstić information content (AvgIpc) is 2.50. The Balaban J connectivity index is 2.25. The summed E-state index contributed by atoms with van der Waals surface area (Å²) in [7, 11) is 0. The van der Waals surface area contributed by atoms with E-state index in [1.165, 1.54) is 29.9 Å². The highest BCUT2D eigenvalue weighted by Gasteiger charge is 2.14. The van der Waals surface area contributed by atoms with Crippen molar-refractivity contribution < 1.29 is 0 Å². The van der Waals surface area contributed by atoms with Crippen LogP contribution >= 0.6 is 0 Å². The summed E-state index contributed by atoms with van der Waals surface area (Å²) in [4.78, 5) is 0. The number of aromatic amines is 1. The van der Waals surface area contributed by atoms with Crippen molar-refractivity contribution in [1.82, 2.24) is 10.2 Å². The molecule has 12 heavy (non-hydrogen) atoms. The van der Waals surface area contributed by atoms with Gasteiger partial charge in [-0.3, -0.25) is 5.10 Å². The van der Waals surface area contributed by atoms with Gasteiger partial charge in [0.05, 0.1) is 17.1 Å². The van der Waals surface area contributed by atoms with Gasteiger partial charge < -0.3 is 5.32 Å². The number of nitrogens with zero attached hydrogens (tertiary/aromatic N) is 1. The molecule has 0 amide bonds. The number of nitrogens with one attached hydrogen (secondary N) is 2. The second kappa shape index (κ2) is 3.17. The number of aromatic nitrogens is 2. The van der Waals surface area contributed by atoms with Crippen LogP contribution in [0.2, 0.25) is 0 Å². The fraction of sp³-hybridized carbons (Fsp3) is 0.667. The van der Waals surface area contributed by atoms with E-state index >= 15 is 0 Å². The lowest BCUT2D eigenvalue weighted by molar-refractivity contribution is 0.801. The molecule has 2 rings (SSSR count). The summed E-state index contributed by atoms with van der Waals surface area (Å²) in [6, 6.07) is 0.